The zero-order chi connectivity index (χ0) is 95.3. The maximum atomic E-state index is 12.2. The number of hydrogen-bond donors (Lipinski definition) is 6. The molecule has 4 atom stereocenters. The molecule has 1 amide bonds. The molecule has 10 aromatic rings. The first-order chi connectivity index (χ1) is 65.2. The smallest absolute Gasteiger partial charge is 0.373 e. The molecule has 0 aliphatic heterocycles. The van der Waals surface area contributed by atoms with E-state index in [2.05, 4.69) is 123 Å². The van der Waals surface area contributed by atoms with E-state index >= 15 is 0 Å². The minimum Gasteiger partial charge on any atom is -0.490 e. The number of ether oxygens (including phenoxy) is 7. The summed E-state index contributed by atoms with van der Waals surface area (Å²) in [6.07, 6.45) is 25.1. The first-order valence-corrected chi connectivity index (χ1v) is 51.6. The van der Waals surface area contributed by atoms with E-state index in [4.69, 9.17) is 104 Å². The van der Waals surface area contributed by atoms with Gasteiger partial charge in [0.25, 0.3) is 6.47 Å². The lowest BCUT2D eigenvalue weighted by atomic mass is 9.96. The predicted octanol–water partition coefficient (Wildman–Crippen LogP) is 22.4. The lowest BCUT2D eigenvalue weighted by molar-refractivity contribution is -0.193. The molecule has 0 unspecified atom stereocenters. The van der Waals surface area contributed by atoms with E-state index in [1.807, 2.05) is 146 Å². The number of benzene rings is 7. The van der Waals surface area contributed by atoms with Crippen molar-refractivity contribution in [2.75, 3.05) is 42.8 Å². The molecule has 3 aromatic heterocycles. The second kappa shape index (κ2) is 54.8. The Bertz CT molecular complexity index is 5470. The fourth-order valence-electron chi connectivity index (χ4n) is 14.4. The summed E-state index contributed by atoms with van der Waals surface area (Å²) in [6.45, 7) is 5.55. The minimum absolute atomic E-state index is 0.200. The van der Waals surface area contributed by atoms with Gasteiger partial charge in [-0.1, -0.05) is 144 Å². The molecule has 134 heavy (non-hydrogen) atoms. The van der Waals surface area contributed by atoms with Crippen LogP contribution < -0.4 is 19.5 Å². The van der Waals surface area contributed by atoms with Crippen molar-refractivity contribution in [1.29, 1.82) is 0 Å². The highest BCUT2D eigenvalue weighted by Gasteiger charge is 2.50. The van der Waals surface area contributed by atoms with Crippen LogP contribution in [0.2, 0.25) is 20.1 Å². The monoisotopic (exact) mass is 2040 g/mol. The van der Waals surface area contributed by atoms with Gasteiger partial charge in [-0.25, -0.2) is 0 Å². The SMILES string of the molecule is CCCCSc1ccc(Cl)c(CBr)c1.CCCCSc1ccc(Cl)c(COC2(c3cnccc3-c3ccccc3OC3CC3)CC2)c1.O=C(CCCSc1ccc(Cl)c(COC2(c3cnccc3-c3ccccc3OC3CC3)CC2)c1)NC[C@H](O)[C@@H](O)[C@H](O)[C@H](O)CO.O=C=O.O=C=O.O=COCCCSc1ccc(Cl)c(COC2(c3cnccc3-c3ccccc3OC3CC3)CC2)c1. The Morgan fingerprint density at radius 1 is 0.463 bits per heavy atom. The second-order valence-electron chi connectivity index (χ2n) is 33.0. The number of thioether (sulfide) groups is 4. The summed E-state index contributed by atoms with van der Waals surface area (Å²) in [5, 5.41) is 54.1. The molecule has 31 heteroatoms. The van der Waals surface area contributed by atoms with Crippen LogP contribution in [-0.4, -0.2) is 151 Å². The number of alkyl halides is 1. The first-order valence-electron chi connectivity index (χ1n) is 45.1. The maximum Gasteiger partial charge on any atom is 0.373 e. The highest BCUT2D eigenvalue weighted by Crippen LogP contribution is 2.57. The predicted molar refractivity (Wildman–Crippen MR) is 528 cm³/mol. The fraction of sp³-hybridized carbons (Fsp3) is 0.408. The van der Waals surface area contributed by atoms with Crippen LogP contribution in [0.4, 0.5) is 0 Å². The van der Waals surface area contributed by atoms with E-state index in [1.54, 1.807) is 29.7 Å². The van der Waals surface area contributed by atoms with Crippen molar-refractivity contribution < 1.29 is 87.5 Å². The van der Waals surface area contributed by atoms with Crippen molar-refractivity contribution in [2.45, 2.75) is 240 Å². The van der Waals surface area contributed by atoms with Crippen LogP contribution in [0.5, 0.6) is 17.2 Å². The number of amides is 1. The van der Waals surface area contributed by atoms with E-state index in [0.717, 1.165) is 204 Å². The van der Waals surface area contributed by atoms with Crippen LogP contribution >= 0.6 is 109 Å². The van der Waals surface area contributed by atoms with Crippen molar-refractivity contribution in [2.24, 2.45) is 0 Å². The van der Waals surface area contributed by atoms with Gasteiger partial charge in [0.05, 0.1) is 74.3 Å². The van der Waals surface area contributed by atoms with Gasteiger partial charge in [0, 0.05) is 134 Å². The fourth-order valence-corrected chi connectivity index (χ4v) is 19.6. The Morgan fingerprint density at radius 2 is 0.784 bits per heavy atom. The number of para-hydroxylation sites is 3. The van der Waals surface area contributed by atoms with Crippen molar-refractivity contribution in [3.63, 3.8) is 0 Å². The average Bonchev–Trinajstić information content (AvgIpc) is 1.02. The summed E-state index contributed by atoms with van der Waals surface area (Å²) < 4.78 is 43.2. The van der Waals surface area contributed by atoms with E-state index in [9.17, 15) is 30.0 Å². The lowest BCUT2D eigenvalue weighted by Gasteiger charge is -2.25. The van der Waals surface area contributed by atoms with E-state index in [-0.39, 0.29) is 48.5 Å². The number of aliphatic hydroxyl groups excluding tert-OH is 5. The molecule has 0 saturated heterocycles. The van der Waals surface area contributed by atoms with Crippen LogP contribution in [-0.2, 0) is 89.7 Å². The number of rotatable bonds is 47. The zero-order valence-corrected chi connectivity index (χ0v) is 82.7. The first kappa shape index (κ1) is 106. The van der Waals surface area contributed by atoms with Crippen LogP contribution in [0.15, 0.2) is 221 Å². The van der Waals surface area contributed by atoms with E-state index < -0.39 is 36.6 Å². The molecule has 16 rings (SSSR count). The number of nitrogens with zero attached hydrogens (tertiary/aromatic N) is 3. The Hall–Kier alpha value is -8.19. The topological polar surface area (TPSA) is 319 Å². The standard InChI is InChI=1S/C34H41ClN2O8S.C28H28ClNO4S.C28H30ClNO2S.C11H14BrClS.2CO2/c35-27-10-9-23(46-15-3-6-31(41)37-18-28(39)32(42)33(43)29(40)19-38)16-21(27)20-44-34(12-13-34)26-17-36-14-11-24(26)25-4-1-2-5-30(25)45-22-7-8-22;29-26-9-8-22(35-15-3-14-32-19-31)16-20(26)18-33-28(11-12-28)25-17-30-13-10-23(25)24-4-1-2-5-27(24)34-21-6-7-21;1-2-3-16-33-22-10-11-26(29)20(17-22)19-31-28(13-14-28)25-18-30-15-12-23(25)24-6-4-5-7-27(24)32-21-8-9-21;1-2-3-6-14-10-4-5-11(13)9(7-10)8-12;2*2-1-3/h1-2,4-5,9-11,14,16-17,22,28-29,32-33,38-40,42-43H,3,6-8,12-13,15,18-20H2,(H,37,41);1-2,4-5,8-10,13,16-17,19,21H,3,6-7,11-12,14-15,18H2;4-7,10-12,15,17-18,21H,2-3,8-9,13-14,16,19H2,1H3;4-5,7H,2-3,6,8H2,1H3;;/t28-,29+,32+,33+;;;;;/m0...../s1. The van der Waals surface area contributed by atoms with Gasteiger partial charge in [0.1, 0.15) is 35.6 Å². The largest absolute Gasteiger partial charge is 0.490 e. The number of pyridine rings is 3. The van der Waals surface area contributed by atoms with Gasteiger partial charge in [-0.2, -0.15) is 19.2 Å². The van der Waals surface area contributed by atoms with Crippen molar-refractivity contribution in [3.05, 3.63) is 260 Å². The number of aliphatic hydroxyl groups is 5. The molecule has 712 valence electrons. The number of aromatic nitrogens is 3. The van der Waals surface area contributed by atoms with Crippen LogP contribution in [0.1, 0.15) is 175 Å². The molecule has 0 bridgehead atoms. The van der Waals surface area contributed by atoms with Gasteiger partial charge in [-0.3, -0.25) is 24.5 Å². The maximum absolute atomic E-state index is 12.2. The molecule has 6 N–H and O–H groups in total. The molecule has 6 aliphatic rings. The Labute approximate surface area is 828 Å². The van der Waals surface area contributed by atoms with Gasteiger partial charge in [-0.15, -0.1) is 47.0 Å². The molecular formula is C103H113BrCl4N4O18S4. The number of carbonyl (C=O) groups is 2. The van der Waals surface area contributed by atoms with E-state index in [1.165, 1.54) is 46.8 Å². The average molecular weight is 2050 g/mol. The Morgan fingerprint density at radius 3 is 1.10 bits per heavy atom. The van der Waals surface area contributed by atoms with Crippen molar-refractivity contribution in [3.8, 4) is 50.6 Å². The summed E-state index contributed by atoms with van der Waals surface area (Å²) >= 11 is 36.2. The number of halogens is 5. The molecule has 3 heterocycles. The third kappa shape index (κ3) is 32.7. The molecule has 7 aromatic carbocycles. The summed E-state index contributed by atoms with van der Waals surface area (Å²) in [7, 11) is 0. The summed E-state index contributed by atoms with van der Waals surface area (Å²) in [5.41, 5.74) is 12.8. The number of unbranched alkanes of at least 4 members (excludes halogenated alkanes) is 2. The van der Waals surface area contributed by atoms with Crippen molar-refractivity contribution >= 4 is 134 Å². The summed E-state index contributed by atoms with van der Waals surface area (Å²) in [6, 6.07) is 55.2. The Kier molecular flexibility index (Phi) is 43.5. The van der Waals surface area contributed by atoms with Crippen molar-refractivity contribution in [1.82, 2.24) is 20.3 Å². The molecule has 6 saturated carbocycles. The highest BCUT2D eigenvalue weighted by atomic mass is 79.9. The van der Waals surface area contributed by atoms with Gasteiger partial charge in [0.15, 0.2) is 0 Å². The molecule has 6 aliphatic carbocycles. The third-order valence-electron chi connectivity index (χ3n) is 22.7. The number of carbonyl (C=O) groups excluding carboxylic acids is 6. The van der Waals surface area contributed by atoms with Gasteiger partial charge >= 0.3 is 12.3 Å². The molecule has 0 spiro atoms. The van der Waals surface area contributed by atoms with Crippen LogP contribution in [0.3, 0.4) is 0 Å². The highest BCUT2D eigenvalue weighted by molar-refractivity contribution is 9.08. The van der Waals surface area contributed by atoms with Gasteiger partial charge in [-0.05, 0) is 268 Å². The molecule has 22 nitrogen and oxygen atoms in total. The molecular weight excluding hydrogens is 1930 g/mol. The Balaban J connectivity index is 0.000000177. The lowest BCUT2D eigenvalue weighted by Crippen LogP contribution is -2.49. The summed E-state index contributed by atoms with van der Waals surface area (Å²) in [4.78, 5) is 73.0. The van der Waals surface area contributed by atoms with Gasteiger partial charge < -0.3 is 64.0 Å². The van der Waals surface area contributed by atoms with E-state index in [0.29, 0.717) is 67.3 Å². The number of hydrogen-bond acceptors (Lipinski definition) is 25. The molecule has 0 radical (unpaired) electrons. The third-order valence-corrected chi connectivity index (χ3v) is 29.1. The quantitative estimate of drug-likeness (QED) is 0.00893. The summed E-state index contributed by atoms with van der Waals surface area (Å²) in [5.74, 6) is 6.27. The zero-order valence-electron chi connectivity index (χ0n) is 74.8. The normalized spacial score (nSPS) is 15.6. The second-order valence-corrected chi connectivity index (χ2v) is 39.9. The minimum atomic E-state index is -1.74. The van der Waals surface area contributed by atoms with Gasteiger partial charge in [0.2, 0.25) is 5.91 Å². The van der Waals surface area contributed by atoms with Crippen LogP contribution in [0, 0.1) is 0 Å². The number of nitrogens with one attached hydrogen (secondary N) is 1. The van der Waals surface area contributed by atoms with Crippen LogP contribution in [0.25, 0.3) is 33.4 Å². The molecule has 6 fully saturated rings.